The first-order valence-electron chi connectivity index (χ1n) is 14.7. The van der Waals surface area contributed by atoms with E-state index in [1.165, 1.54) is 12.5 Å². The summed E-state index contributed by atoms with van der Waals surface area (Å²) in [5, 5.41) is 0. The van der Waals surface area contributed by atoms with Crippen LogP contribution >= 0.6 is 0 Å². The predicted molar refractivity (Wildman–Crippen MR) is 160 cm³/mol. The Morgan fingerprint density at radius 2 is 0.837 bits per heavy atom. The molecule has 256 valence electrons. The molecule has 0 aliphatic rings. The van der Waals surface area contributed by atoms with Crippen LogP contribution in [-0.2, 0) is 61.6 Å². The van der Waals surface area contributed by atoms with Gasteiger partial charge in [-0.1, -0.05) is 6.58 Å². The zero-order chi connectivity index (χ0) is 31.5. The molecule has 2 unspecified atom stereocenters. The van der Waals surface area contributed by atoms with Gasteiger partial charge in [-0.3, -0.25) is 0 Å². The Balaban J connectivity index is 4.06. The highest BCUT2D eigenvalue weighted by atomic mass is 16.6. The first kappa shape index (κ1) is 41.6. The third-order valence-corrected chi connectivity index (χ3v) is 5.40. The van der Waals surface area contributed by atoms with E-state index in [-0.39, 0.29) is 11.8 Å². The summed E-state index contributed by atoms with van der Waals surface area (Å²) in [6, 6.07) is 0. The zero-order valence-electron chi connectivity index (χ0n) is 27.0. The summed E-state index contributed by atoms with van der Waals surface area (Å²) >= 11 is 0. The summed E-state index contributed by atoms with van der Waals surface area (Å²) < 4.78 is 70.4. The van der Waals surface area contributed by atoms with Gasteiger partial charge in [0.1, 0.15) is 12.5 Å². The molecule has 0 aliphatic heterocycles. The molecule has 0 heterocycles. The highest BCUT2D eigenvalue weighted by molar-refractivity contribution is 4.94. The average Bonchev–Trinajstić information content (AvgIpc) is 3.00. The van der Waals surface area contributed by atoms with Gasteiger partial charge < -0.3 is 61.6 Å². The largest absolute Gasteiger partial charge is 0.501 e. The second-order valence-electron chi connectivity index (χ2n) is 9.39. The Morgan fingerprint density at radius 3 is 1.26 bits per heavy atom. The van der Waals surface area contributed by atoms with Crippen molar-refractivity contribution >= 4 is 0 Å². The third-order valence-electron chi connectivity index (χ3n) is 5.40. The summed E-state index contributed by atoms with van der Waals surface area (Å²) in [5.74, 6) is 0.116. The van der Waals surface area contributed by atoms with Crippen molar-refractivity contribution in [1.82, 2.24) is 0 Å². The van der Waals surface area contributed by atoms with Crippen LogP contribution in [0.5, 0.6) is 0 Å². The monoisotopic (exact) mass is 626 g/mol. The van der Waals surface area contributed by atoms with Gasteiger partial charge in [0.2, 0.25) is 0 Å². The fourth-order valence-electron chi connectivity index (χ4n) is 3.26. The second-order valence-corrected chi connectivity index (χ2v) is 9.39. The van der Waals surface area contributed by atoms with Crippen LogP contribution in [0.1, 0.15) is 0 Å². The minimum absolute atomic E-state index is 0.0167. The Kier molecular flexibility index (Phi) is 34.0. The van der Waals surface area contributed by atoms with Gasteiger partial charge in [-0.15, -0.1) is 0 Å². The lowest BCUT2D eigenvalue weighted by atomic mass is 10.2. The van der Waals surface area contributed by atoms with Crippen molar-refractivity contribution < 1.29 is 61.6 Å². The predicted octanol–water partition coefficient (Wildman–Crippen LogP) is 1.98. The maximum Gasteiger partial charge on any atom is 0.117 e. The fraction of sp³-hybridized carbons (Fsp3) is 0.867. The highest BCUT2D eigenvalue weighted by Crippen LogP contribution is 2.05. The van der Waals surface area contributed by atoms with E-state index in [2.05, 4.69) is 6.58 Å². The molecule has 0 saturated heterocycles. The normalized spacial score (nSPS) is 13.0. The molecule has 0 rings (SSSR count). The quantitative estimate of drug-likeness (QED) is 0.0573. The van der Waals surface area contributed by atoms with Crippen molar-refractivity contribution in [2.75, 3.05) is 161 Å². The molecule has 0 bridgehead atoms. The van der Waals surface area contributed by atoms with E-state index < -0.39 is 0 Å². The Labute approximate surface area is 258 Å². The fourth-order valence-corrected chi connectivity index (χ4v) is 3.26. The molecule has 0 aromatic carbocycles. The summed E-state index contributed by atoms with van der Waals surface area (Å²) in [7, 11) is 6.51. The molecule has 13 heteroatoms. The zero-order valence-corrected chi connectivity index (χ0v) is 27.0. The van der Waals surface area contributed by atoms with E-state index in [9.17, 15) is 0 Å². The van der Waals surface area contributed by atoms with Crippen molar-refractivity contribution in [1.29, 1.82) is 0 Å². The van der Waals surface area contributed by atoms with Crippen molar-refractivity contribution in [3.05, 3.63) is 24.7 Å². The molecule has 0 saturated carbocycles. The third kappa shape index (κ3) is 31.9. The lowest BCUT2D eigenvalue weighted by molar-refractivity contribution is -0.0230. The van der Waals surface area contributed by atoms with Crippen LogP contribution in [0.3, 0.4) is 0 Å². The maximum atomic E-state index is 5.87. The lowest BCUT2D eigenvalue weighted by Gasteiger charge is -2.19. The van der Waals surface area contributed by atoms with E-state index in [1.54, 1.807) is 28.4 Å². The Hall–Kier alpha value is -1.36. The van der Waals surface area contributed by atoms with Gasteiger partial charge in [0.15, 0.2) is 0 Å². The van der Waals surface area contributed by atoms with Gasteiger partial charge in [-0.2, -0.15) is 0 Å². The minimum atomic E-state index is 0.0167. The Morgan fingerprint density at radius 1 is 0.442 bits per heavy atom. The smallest absolute Gasteiger partial charge is 0.117 e. The molecule has 0 spiro atoms. The molecular formula is C30H58O13. The molecule has 0 fully saturated rings. The van der Waals surface area contributed by atoms with Gasteiger partial charge in [0.05, 0.1) is 139 Å². The first-order chi connectivity index (χ1) is 21.2. The van der Waals surface area contributed by atoms with Crippen molar-refractivity contribution in [2.45, 2.75) is 0 Å². The number of methoxy groups -OCH3 is 4. The molecule has 2 atom stereocenters. The summed E-state index contributed by atoms with van der Waals surface area (Å²) in [5.41, 5.74) is 0.833. The van der Waals surface area contributed by atoms with Gasteiger partial charge in [0, 0.05) is 33.2 Å². The number of ether oxygens (including phenoxy) is 13. The standard InChI is InChI=1S/C30H58O13/c1-28(20-42-26-29(22-34-5)23-40-18-16-37-14-12-35-9-6-31-2)21-43-27-30(24-39-11-8-33-4)25-41-19-17-38-15-13-36-10-7-32-3/h8,11,29-30H,1,6-7,9-10,12-27H2,2-5H3. The summed E-state index contributed by atoms with van der Waals surface area (Å²) in [6.45, 7) is 14.0. The van der Waals surface area contributed by atoms with Crippen LogP contribution in [0.15, 0.2) is 24.7 Å². The average molecular weight is 627 g/mol. The van der Waals surface area contributed by atoms with Gasteiger partial charge in [-0.25, -0.2) is 0 Å². The van der Waals surface area contributed by atoms with Crippen LogP contribution < -0.4 is 0 Å². The topological polar surface area (TPSA) is 120 Å². The molecular weight excluding hydrogens is 568 g/mol. The minimum Gasteiger partial charge on any atom is -0.501 e. The van der Waals surface area contributed by atoms with E-state index >= 15 is 0 Å². The van der Waals surface area contributed by atoms with Gasteiger partial charge >= 0.3 is 0 Å². The summed E-state index contributed by atoms with van der Waals surface area (Å²) in [4.78, 5) is 0. The van der Waals surface area contributed by atoms with Crippen LogP contribution in [0.2, 0.25) is 0 Å². The lowest BCUT2D eigenvalue weighted by Crippen LogP contribution is -2.24. The van der Waals surface area contributed by atoms with Crippen LogP contribution in [-0.4, -0.2) is 161 Å². The number of rotatable bonds is 36. The van der Waals surface area contributed by atoms with Crippen LogP contribution in [0.25, 0.3) is 0 Å². The molecule has 0 N–H and O–H groups in total. The molecule has 43 heavy (non-hydrogen) atoms. The molecule has 0 aliphatic carbocycles. The van der Waals surface area contributed by atoms with E-state index in [0.717, 1.165) is 5.57 Å². The molecule has 0 aromatic rings. The van der Waals surface area contributed by atoms with E-state index in [1.807, 2.05) is 0 Å². The van der Waals surface area contributed by atoms with Crippen molar-refractivity contribution in [2.24, 2.45) is 11.8 Å². The van der Waals surface area contributed by atoms with E-state index in [4.69, 9.17) is 61.6 Å². The van der Waals surface area contributed by atoms with Gasteiger partial charge in [0.25, 0.3) is 0 Å². The van der Waals surface area contributed by atoms with Crippen molar-refractivity contribution in [3.63, 3.8) is 0 Å². The summed E-state index contributed by atoms with van der Waals surface area (Å²) in [6.07, 6.45) is 2.97. The second kappa shape index (κ2) is 35.1. The SMILES string of the molecule is C=C(COCC(COC)COCCOCCOCCOC)COCC(COC=COC)COCCOCCOCCOC. The maximum absolute atomic E-state index is 5.87. The molecule has 0 aromatic heterocycles. The van der Waals surface area contributed by atoms with Crippen molar-refractivity contribution in [3.8, 4) is 0 Å². The van der Waals surface area contributed by atoms with E-state index in [0.29, 0.717) is 132 Å². The molecule has 0 amide bonds. The first-order valence-corrected chi connectivity index (χ1v) is 14.7. The van der Waals surface area contributed by atoms with Gasteiger partial charge in [-0.05, 0) is 5.57 Å². The Bertz CT molecular complexity index is 594. The van der Waals surface area contributed by atoms with Crippen LogP contribution in [0.4, 0.5) is 0 Å². The van der Waals surface area contributed by atoms with Crippen LogP contribution in [0, 0.1) is 11.8 Å². The number of hydrogen-bond donors (Lipinski definition) is 0. The number of hydrogen-bond acceptors (Lipinski definition) is 13. The highest BCUT2D eigenvalue weighted by Gasteiger charge is 2.12. The molecule has 13 nitrogen and oxygen atoms in total. The molecule has 0 radical (unpaired) electrons.